The van der Waals surface area contributed by atoms with Crippen LogP contribution in [0.1, 0.15) is 39.5 Å². The molecule has 0 amide bonds. The summed E-state index contributed by atoms with van der Waals surface area (Å²) < 4.78 is 0. The van der Waals surface area contributed by atoms with Crippen molar-refractivity contribution in [2.24, 2.45) is 0 Å². The minimum atomic E-state index is 0.604. The van der Waals surface area contributed by atoms with E-state index < -0.39 is 0 Å². The Hall–Kier alpha value is -0.630. The molecule has 0 saturated carbocycles. The standard InChI is InChI=1S/C12H22NO/c1-4-13(5-2)10-8-6-7-9-12(3)11-14/h3-10H2,1-2H3. The maximum Gasteiger partial charge on any atom is 0.228 e. The molecule has 0 heterocycles. The molecule has 0 atom stereocenters. The third kappa shape index (κ3) is 6.84. The molecule has 0 aliphatic carbocycles. The van der Waals surface area contributed by atoms with E-state index in [2.05, 4.69) is 25.3 Å². The van der Waals surface area contributed by atoms with Gasteiger partial charge >= 0.3 is 0 Å². The normalized spacial score (nSPS) is 10.5. The van der Waals surface area contributed by atoms with Crippen molar-refractivity contribution in [3.8, 4) is 0 Å². The second-order valence-corrected chi connectivity index (χ2v) is 3.54. The molecular formula is C12H22NO. The SMILES string of the molecule is C=C([C]=O)CCCCCN(CC)CC. The highest BCUT2D eigenvalue weighted by Gasteiger charge is 1.98. The predicted octanol–water partition coefficient (Wildman–Crippen LogP) is 2.55. The van der Waals surface area contributed by atoms with Crippen LogP contribution in [-0.2, 0) is 4.79 Å². The Morgan fingerprint density at radius 2 is 1.86 bits per heavy atom. The van der Waals surface area contributed by atoms with Crippen LogP contribution in [-0.4, -0.2) is 30.8 Å². The molecule has 1 radical (unpaired) electrons. The van der Waals surface area contributed by atoms with Crippen LogP contribution in [0.15, 0.2) is 12.2 Å². The highest BCUT2D eigenvalue weighted by Crippen LogP contribution is 2.05. The Labute approximate surface area is 88.0 Å². The molecule has 0 aliphatic rings. The van der Waals surface area contributed by atoms with Gasteiger partial charge in [0.1, 0.15) is 0 Å². The molecule has 14 heavy (non-hydrogen) atoms. The first-order chi connectivity index (χ1) is 6.74. The van der Waals surface area contributed by atoms with Crippen molar-refractivity contribution < 1.29 is 4.79 Å². The number of hydrogen-bond donors (Lipinski definition) is 0. The molecule has 2 nitrogen and oxygen atoms in total. The van der Waals surface area contributed by atoms with Crippen molar-refractivity contribution in [2.45, 2.75) is 39.5 Å². The van der Waals surface area contributed by atoms with E-state index in [1.807, 2.05) is 6.29 Å². The van der Waals surface area contributed by atoms with Crippen LogP contribution in [0, 0.1) is 0 Å². The molecular weight excluding hydrogens is 174 g/mol. The zero-order valence-corrected chi connectivity index (χ0v) is 9.51. The van der Waals surface area contributed by atoms with Gasteiger partial charge in [-0.15, -0.1) is 0 Å². The number of allylic oxidation sites excluding steroid dienone is 1. The maximum absolute atomic E-state index is 10.1. The van der Waals surface area contributed by atoms with Gasteiger partial charge in [-0.05, 0) is 44.5 Å². The first-order valence-electron chi connectivity index (χ1n) is 5.52. The van der Waals surface area contributed by atoms with Crippen LogP contribution in [0.5, 0.6) is 0 Å². The summed E-state index contributed by atoms with van der Waals surface area (Å²) >= 11 is 0. The van der Waals surface area contributed by atoms with Gasteiger partial charge in [0.2, 0.25) is 6.29 Å². The average Bonchev–Trinajstić information content (AvgIpc) is 2.23. The fourth-order valence-electron chi connectivity index (χ4n) is 1.44. The lowest BCUT2D eigenvalue weighted by atomic mass is 10.1. The quantitative estimate of drug-likeness (QED) is 0.417. The average molecular weight is 196 g/mol. The maximum atomic E-state index is 10.1. The van der Waals surface area contributed by atoms with Gasteiger partial charge in [-0.25, -0.2) is 0 Å². The summed E-state index contributed by atoms with van der Waals surface area (Å²) in [5.74, 6) is 0. The summed E-state index contributed by atoms with van der Waals surface area (Å²) in [6, 6.07) is 0. The lowest BCUT2D eigenvalue weighted by Crippen LogP contribution is -2.23. The van der Waals surface area contributed by atoms with Crippen molar-refractivity contribution in [1.29, 1.82) is 0 Å². The monoisotopic (exact) mass is 196 g/mol. The minimum absolute atomic E-state index is 0.604. The molecule has 0 aromatic heterocycles. The first kappa shape index (κ1) is 13.4. The van der Waals surface area contributed by atoms with Crippen molar-refractivity contribution >= 4 is 6.29 Å². The van der Waals surface area contributed by atoms with Crippen LogP contribution < -0.4 is 0 Å². The number of nitrogens with zero attached hydrogens (tertiary/aromatic N) is 1. The zero-order valence-electron chi connectivity index (χ0n) is 9.51. The molecule has 0 aliphatic heterocycles. The van der Waals surface area contributed by atoms with E-state index in [4.69, 9.17) is 0 Å². The summed E-state index contributed by atoms with van der Waals surface area (Å²) in [6.07, 6.45) is 6.10. The Morgan fingerprint density at radius 3 is 2.36 bits per heavy atom. The van der Waals surface area contributed by atoms with Crippen molar-refractivity contribution in [1.82, 2.24) is 4.90 Å². The smallest absolute Gasteiger partial charge is 0.228 e. The Morgan fingerprint density at radius 1 is 1.21 bits per heavy atom. The van der Waals surface area contributed by atoms with Gasteiger partial charge in [0.25, 0.3) is 0 Å². The Kier molecular flexibility index (Phi) is 8.54. The highest BCUT2D eigenvalue weighted by molar-refractivity contribution is 5.72. The molecule has 0 N–H and O–H groups in total. The van der Waals surface area contributed by atoms with Gasteiger partial charge in [-0.2, -0.15) is 0 Å². The van der Waals surface area contributed by atoms with Gasteiger partial charge in [-0.1, -0.05) is 26.8 Å². The summed E-state index contributed by atoms with van der Waals surface area (Å²) in [5, 5.41) is 0. The van der Waals surface area contributed by atoms with E-state index in [0.717, 1.165) is 25.9 Å². The number of carbonyl (C=O) groups excluding carboxylic acids is 1. The van der Waals surface area contributed by atoms with Gasteiger partial charge in [0.05, 0.1) is 0 Å². The number of unbranched alkanes of at least 4 members (excludes halogenated alkanes) is 2. The van der Waals surface area contributed by atoms with Crippen LogP contribution in [0.2, 0.25) is 0 Å². The minimum Gasteiger partial charge on any atom is -0.304 e. The van der Waals surface area contributed by atoms with Crippen molar-refractivity contribution in [3.05, 3.63) is 12.2 Å². The molecule has 0 aromatic rings. The molecule has 0 bridgehead atoms. The molecule has 0 fully saturated rings. The third-order valence-corrected chi connectivity index (χ3v) is 2.49. The van der Waals surface area contributed by atoms with Gasteiger partial charge in [-0.3, -0.25) is 4.79 Å². The van der Waals surface area contributed by atoms with Gasteiger partial charge in [0, 0.05) is 0 Å². The predicted molar refractivity (Wildman–Crippen MR) is 61.1 cm³/mol. The number of rotatable bonds is 9. The molecule has 0 rings (SSSR count). The van der Waals surface area contributed by atoms with E-state index in [9.17, 15) is 4.79 Å². The fraction of sp³-hybridized carbons (Fsp3) is 0.750. The summed E-state index contributed by atoms with van der Waals surface area (Å²) in [5.41, 5.74) is 0.604. The van der Waals surface area contributed by atoms with E-state index in [1.165, 1.54) is 19.4 Å². The first-order valence-corrected chi connectivity index (χ1v) is 5.52. The molecule has 0 spiro atoms. The van der Waals surface area contributed by atoms with Crippen LogP contribution in [0.25, 0.3) is 0 Å². The fourth-order valence-corrected chi connectivity index (χ4v) is 1.44. The van der Waals surface area contributed by atoms with Crippen LogP contribution in [0.3, 0.4) is 0 Å². The largest absolute Gasteiger partial charge is 0.304 e. The van der Waals surface area contributed by atoms with E-state index >= 15 is 0 Å². The van der Waals surface area contributed by atoms with Gasteiger partial charge in [0.15, 0.2) is 0 Å². The summed E-state index contributed by atoms with van der Waals surface area (Å²) in [6.45, 7) is 11.4. The summed E-state index contributed by atoms with van der Waals surface area (Å²) in [4.78, 5) is 12.6. The highest BCUT2D eigenvalue weighted by atomic mass is 16.1. The molecule has 81 valence electrons. The molecule has 2 heteroatoms. The topological polar surface area (TPSA) is 20.3 Å². The lowest BCUT2D eigenvalue weighted by molar-refractivity contribution is 0.296. The Bertz CT molecular complexity index is 162. The molecule has 0 unspecified atom stereocenters. The van der Waals surface area contributed by atoms with E-state index in [1.54, 1.807) is 0 Å². The second-order valence-electron chi connectivity index (χ2n) is 3.54. The van der Waals surface area contributed by atoms with Gasteiger partial charge < -0.3 is 4.90 Å². The lowest BCUT2D eigenvalue weighted by Gasteiger charge is -2.17. The third-order valence-electron chi connectivity index (χ3n) is 2.49. The Balaban J connectivity index is 3.28. The van der Waals surface area contributed by atoms with Crippen molar-refractivity contribution in [2.75, 3.05) is 19.6 Å². The van der Waals surface area contributed by atoms with Crippen molar-refractivity contribution in [3.63, 3.8) is 0 Å². The molecule has 0 aromatic carbocycles. The molecule has 0 saturated heterocycles. The summed E-state index contributed by atoms with van der Waals surface area (Å²) in [7, 11) is 0. The van der Waals surface area contributed by atoms with Crippen LogP contribution in [0.4, 0.5) is 0 Å². The van der Waals surface area contributed by atoms with E-state index in [-0.39, 0.29) is 0 Å². The zero-order chi connectivity index (χ0) is 10.8. The van der Waals surface area contributed by atoms with E-state index in [0.29, 0.717) is 5.57 Å². The second kappa shape index (κ2) is 8.95. The number of hydrogen-bond acceptors (Lipinski definition) is 2. The van der Waals surface area contributed by atoms with Crippen LogP contribution >= 0.6 is 0 Å².